The highest BCUT2D eigenvalue weighted by Crippen LogP contribution is 2.16. The van der Waals surface area contributed by atoms with Crippen LogP contribution in [0.5, 0.6) is 11.5 Å². The van der Waals surface area contributed by atoms with E-state index in [0.717, 1.165) is 31.7 Å². The summed E-state index contributed by atoms with van der Waals surface area (Å²) in [5.41, 5.74) is 0. The number of nitrogens with zero attached hydrogens (tertiary/aromatic N) is 1. The van der Waals surface area contributed by atoms with E-state index in [1.165, 1.54) is 25.9 Å². The van der Waals surface area contributed by atoms with Crippen LogP contribution in [0.4, 0.5) is 0 Å². The summed E-state index contributed by atoms with van der Waals surface area (Å²) in [6, 6.07) is 7.21. The normalized spacial score (nSPS) is 14.8. The molecule has 1 N–H and O–H groups in total. The van der Waals surface area contributed by atoms with Gasteiger partial charge in [-0.1, -0.05) is 0 Å². The van der Waals surface area contributed by atoms with E-state index in [0.29, 0.717) is 5.75 Å². The quantitative estimate of drug-likeness (QED) is 0.710. The van der Waals surface area contributed by atoms with Crippen molar-refractivity contribution in [3.63, 3.8) is 0 Å². The van der Waals surface area contributed by atoms with Crippen LogP contribution in [-0.4, -0.2) is 50.7 Å². The first kappa shape index (κ1) is 16.6. The molecule has 122 valence electrons. The van der Waals surface area contributed by atoms with Crippen LogP contribution in [0.2, 0.25) is 0 Å². The molecule has 22 heavy (non-hydrogen) atoms. The van der Waals surface area contributed by atoms with Crippen molar-refractivity contribution in [1.82, 2.24) is 10.2 Å². The topological polar surface area (TPSA) is 50.8 Å². The van der Waals surface area contributed by atoms with Crippen molar-refractivity contribution in [3.8, 4) is 11.5 Å². The lowest BCUT2D eigenvalue weighted by molar-refractivity contribution is -0.123. The second-order valence-electron chi connectivity index (χ2n) is 5.57. The molecule has 1 aromatic carbocycles. The van der Waals surface area contributed by atoms with Crippen LogP contribution >= 0.6 is 0 Å². The third kappa shape index (κ3) is 5.93. The van der Waals surface area contributed by atoms with Crippen molar-refractivity contribution in [1.29, 1.82) is 0 Å². The number of unbranched alkanes of at least 4 members (excludes halogenated alkanes) is 1. The number of methoxy groups -OCH3 is 1. The number of ether oxygens (including phenoxy) is 2. The molecular formula is C17H26N2O3. The minimum atomic E-state index is -0.0722. The summed E-state index contributed by atoms with van der Waals surface area (Å²) in [6.45, 7) is 4.40. The fourth-order valence-corrected chi connectivity index (χ4v) is 2.57. The highest BCUT2D eigenvalue weighted by molar-refractivity contribution is 5.77. The highest BCUT2D eigenvalue weighted by atomic mass is 16.5. The molecule has 0 saturated carbocycles. The molecule has 1 aliphatic heterocycles. The Kier molecular flexibility index (Phi) is 7.03. The molecule has 1 aromatic rings. The van der Waals surface area contributed by atoms with Gasteiger partial charge in [-0.15, -0.1) is 0 Å². The van der Waals surface area contributed by atoms with E-state index < -0.39 is 0 Å². The first-order chi connectivity index (χ1) is 10.8. The molecule has 1 heterocycles. The van der Waals surface area contributed by atoms with Gasteiger partial charge in [-0.25, -0.2) is 0 Å². The van der Waals surface area contributed by atoms with E-state index in [-0.39, 0.29) is 12.5 Å². The Morgan fingerprint density at radius 3 is 2.50 bits per heavy atom. The summed E-state index contributed by atoms with van der Waals surface area (Å²) in [7, 11) is 1.62. The van der Waals surface area contributed by atoms with Gasteiger partial charge in [0.1, 0.15) is 11.5 Å². The molecule has 1 saturated heterocycles. The van der Waals surface area contributed by atoms with Crippen LogP contribution in [0.15, 0.2) is 24.3 Å². The molecule has 0 aliphatic carbocycles. The van der Waals surface area contributed by atoms with Gasteiger partial charge in [-0.2, -0.15) is 0 Å². The molecule has 0 aromatic heterocycles. The molecule has 0 spiro atoms. The number of amides is 1. The van der Waals surface area contributed by atoms with E-state index in [4.69, 9.17) is 9.47 Å². The summed E-state index contributed by atoms with van der Waals surface area (Å²) in [6.07, 6.45) is 4.82. The molecule has 1 aliphatic rings. The predicted molar refractivity (Wildman–Crippen MR) is 86.4 cm³/mol. The van der Waals surface area contributed by atoms with Crippen LogP contribution < -0.4 is 14.8 Å². The molecule has 0 unspecified atom stereocenters. The number of likely N-dealkylation sites (tertiary alicyclic amines) is 1. The number of carbonyl (C=O) groups excluding carboxylic acids is 1. The van der Waals surface area contributed by atoms with Gasteiger partial charge in [0.2, 0.25) is 0 Å². The van der Waals surface area contributed by atoms with Crippen molar-refractivity contribution in [2.24, 2.45) is 0 Å². The van der Waals surface area contributed by atoms with Gasteiger partial charge < -0.3 is 19.7 Å². The van der Waals surface area contributed by atoms with Crippen molar-refractivity contribution >= 4 is 5.91 Å². The monoisotopic (exact) mass is 306 g/mol. The average Bonchev–Trinajstić information content (AvgIpc) is 3.06. The highest BCUT2D eigenvalue weighted by Gasteiger charge is 2.10. The van der Waals surface area contributed by atoms with Gasteiger partial charge in [0.15, 0.2) is 6.61 Å². The Morgan fingerprint density at radius 2 is 1.82 bits per heavy atom. The van der Waals surface area contributed by atoms with Crippen molar-refractivity contribution in [2.45, 2.75) is 25.7 Å². The Morgan fingerprint density at radius 1 is 1.14 bits per heavy atom. The fourth-order valence-electron chi connectivity index (χ4n) is 2.57. The van der Waals surface area contributed by atoms with E-state index in [1.54, 1.807) is 19.2 Å². The first-order valence-corrected chi connectivity index (χ1v) is 8.04. The predicted octanol–water partition coefficient (Wildman–Crippen LogP) is 2.07. The molecule has 0 bridgehead atoms. The second kappa shape index (κ2) is 9.30. The number of hydrogen-bond donors (Lipinski definition) is 1. The summed E-state index contributed by atoms with van der Waals surface area (Å²) in [5, 5.41) is 2.89. The van der Waals surface area contributed by atoms with Crippen LogP contribution in [0.3, 0.4) is 0 Å². The van der Waals surface area contributed by atoms with E-state index >= 15 is 0 Å². The lowest BCUT2D eigenvalue weighted by Gasteiger charge is -2.14. The van der Waals surface area contributed by atoms with Crippen molar-refractivity contribution in [2.75, 3.05) is 39.9 Å². The summed E-state index contributed by atoms with van der Waals surface area (Å²) in [4.78, 5) is 14.2. The van der Waals surface area contributed by atoms with E-state index in [1.807, 2.05) is 12.1 Å². The van der Waals surface area contributed by atoms with Crippen LogP contribution in [0, 0.1) is 0 Å². The Bertz CT molecular complexity index is 442. The Labute approximate surface area is 132 Å². The molecule has 5 heteroatoms. The summed E-state index contributed by atoms with van der Waals surface area (Å²) in [5.74, 6) is 1.37. The number of hydrogen-bond acceptors (Lipinski definition) is 4. The van der Waals surface area contributed by atoms with Gasteiger partial charge in [0.05, 0.1) is 7.11 Å². The maximum absolute atomic E-state index is 11.7. The number of carbonyl (C=O) groups is 1. The summed E-state index contributed by atoms with van der Waals surface area (Å²) >= 11 is 0. The molecule has 1 amide bonds. The van der Waals surface area contributed by atoms with Crippen LogP contribution in [0.25, 0.3) is 0 Å². The zero-order chi connectivity index (χ0) is 15.6. The number of nitrogens with one attached hydrogen (secondary N) is 1. The Hall–Kier alpha value is -1.75. The maximum Gasteiger partial charge on any atom is 0.257 e. The molecular weight excluding hydrogens is 280 g/mol. The largest absolute Gasteiger partial charge is 0.497 e. The molecule has 1 fully saturated rings. The zero-order valence-electron chi connectivity index (χ0n) is 13.3. The van der Waals surface area contributed by atoms with Crippen LogP contribution in [0.1, 0.15) is 25.7 Å². The van der Waals surface area contributed by atoms with Crippen molar-refractivity contribution in [3.05, 3.63) is 24.3 Å². The Balaban J connectivity index is 1.51. The lowest BCUT2D eigenvalue weighted by atomic mass is 10.3. The zero-order valence-corrected chi connectivity index (χ0v) is 13.3. The minimum absolute atomic E-state index is 0.0540. The fraction of sp³-hybridized carbons (Fsp3) is 0.588. The van der Waals surface area contributed by atoms with E-state index in [2.05, 4.69) is 10.2 Å². The average molecular weight is 306 g/mol. The van der Waals surface area contributed by atoms with Crippen molar-refractivity contribution < 1.29 is 14.3 Å². The molecule has 2 rings (SSSR count). The van der Waals surface area contributed by atoms with Gasteiger partial charge in [0, 0.05) is 6.54 Å². The second-order valence-corrected chi connectivity index (χ2v) is 5.57. The molecule has 0 atom stereocenters. The van der Waals surface area contributed by atoms with Gasteiger partial charge in [0.25, 0.3) is 5.91 Å². The SMILES string of the molecule is COc1ccc(OCC(=O)NCCCCN2CCCC2)cc1. The third-order valence-electron chi connectivity index (χ3n) is 3.85. The maximum atomic E-state index is 11.7. The number of benzene rings is 1. The van der Waals surface area contributed by atoms with E-state index in [9.17, 15) is 4.79 Å². The smallest absolute Gasteiger partial charge is 0.257 e. The molecule has 5 nitrogen and oxygen atoms in total. The molecule has 0 radical (unpaired) electrons. The minimum Gasteiger partial charge on any atom is -0.497 e. The van der Waals surface area contributed by atoms with Gasteiger partial charge in [-0.05, 0) is 69.6 Å². The van der Waals surface area contributed by atoms with Gasteiger partial charge in [-0.3, -0.25) is 4.79 Å². The summed E-state index contributed by atoms with van der Waals surface area (Å²) < 4.78 is 10.5. The van der Waals surface area contributed by atoms with Crippen LogP contribution in [-0.2, 0) is 4.79 Å². The third-order valence-corrected chi connectivity index (χ3v) is 3.85. The lowest BCUT2D eigenvalue weighted by Crippen LogP contribution is -2.30. The number of rotatable bonds is 9. The standard InChI is InChI=1S/C17H26N2O3/c1-21-15-6-8-16(9-7-15)22-14-17(20)18-10-2-3-11-19-12-4-5-13-19/h6-9H,2-5,10-14H2,1H3,(H,18,20). The first-order valence-electron chi connectivity index (χ1n) is 8.04. The van der Waals surface area contributed by atoms with Gasteiger partial charge >= 0.3 is 0 Å².